The van der Waals surface area contributed by atoms with Crippen LogP contribution >= 0.6 is 24.0 Å². The highest BCUT2D eigenvalue weighted by molar-refractivity contribution is 14.0. The molecule has 2 N–H and O–H groups in total. The lowest BCUT2D eigenvalue weighted by atomic mass is 10.1. The quantitative estimate of drug-likeness (QED) is 0.226. The second kappa shape index (κ2) is 14.3. The van der Waals surface area contributed by atoms with Crippen LogP contribution in [0.1, 0.15) is 30.5 Å². The molecule has 0 aliphatic rings. The molecule has 0 saturated heterocycles. The molecule has 0 fully saturated rings. The second-order valence-electron chi connectivity index (χ2n) is 7.41. The third-order valence-corrected chi connectivity index (χ3v) is 5.12. The Morgan fingerprint density at radius 3 is 2.39 bits per heavy atom. The summed E-state index contributed by atoms with van der Waals surface area (Å²) >= 11 is 0. The van der Waals surface area contributed by atoms with Crippen LogP contribution in [0.15, 0.2) is 78.0 Å². The number of nitrogens with zero attached hydrogens (tertiary/aromatic N) is 4. The Morgan fingerprint density at radius 1 is 1.00 bits per heavy atom. The van der Waals surface area contributed by atoms with Crippen molar-refractivity contribution in [3.05, 3.63) is 89.7 Å². The van der Waals surface area contributed by atoms with Gasteiger partial charge in [-0.15, -0.1) is 24.0 Å². The third-order valence-electron chi connectivity index (χ3n) is 5.12. The van der Waals surface area contributed by atoms with E-state index in [1.807, 2.05) is 78.2 Å². The number of benzene rings is 2. The number of guanidine groups is 1. The van der Waals surface area contributed by atoms with Crippen LogP contribution in [0.3, 0.4) is 0 Å². The number of aliphatic imine (C=N–C) groups is 1. The number of aromatic nitrogens is 2. The molecule has 0 atom stereocenters. The van der Waals surface area contributed by atoms with Gasteiger partial charge in [0.1, 0.15) is 0 Å². The smallest absolute Gasteiger partial charge is 0.242 e. The fraction of sp³-hybridized carbons (Fsp3) is 0.320. The fourth-order valence-electron chi connectivity index (χ4n) is 3.39. The van der Waals surface area contributed by atoms with Gasteiger partial charge in [0.15, 0.2) is 5.96 Å². The van der Waals surface area contributed by atoms with Gasteiger partial charge in [0, 0.05) is 32.0 Å². The van der Waals surface area contributed by atoms with Gasteiger partial charge in [0.2, 0.25) is 5.91 Å². The van der Waals surface area contributed by atoms with E-state index in [2.05, 4.69) is 27.9 Å². The molecule has 0 radical (unpaired) electrons. The normalized spacial score (nSPS) is 10.9. The third kappa shape index (κ3) is 8.53. The highest BCUT2D eigenvalue weighted by Crippen LogP contribution is 2.12. The number of nitrogens with one attached hydrogen (secondary N) is 2. The van der Waals surface area contributed by atoms with Gasteiger partial charge in [0.25, 0.3) is 0 Å². The van der Waals surface area contributed by atoms with Crippen LogP contribution in [0, 0.1) is 0 Å². The Hall–Kier alpha value is -2.88. The standard InChI is InChI=1S/C25H32N6O.HI/c1-3-26-25(28-18-24(32)30(4-2)19-21-11-6-5-7-12-21)27-17-22-13-8-9-14-23(22)20-31-16-10-15-29-31;/h5-16H,3-4,17-20H2,1-2H3,(H2,26,27,28);1H. The topological polar surface area (TPSA) is 74.5 Å². The molecule has 3 aromatic rings. The van der Waals surface area contributed by atoms with Crippen LogP contribution in [0.5, 0.6) is 0 Å². The van der Waals surface area contributed by atoms with Gasteiger partial charge in [-0.3, -0.25) is 9.48 Å². The van der Waals surface area contributed by atoms with Crippen molar-refractivity contribution in [1.29, 1.82) is 0 Å². The largest absolute Gasteiger partial charge is 0.357 e. The van der Waals surface area contributed by atoms with Crippen LogP contribution in [0.2, 0.25) is 0 Å². The molecule has 33 heavy (non-hydrogen) atoms. The summed E-state index contributed by atoms with van der Waals surface area (Å²) in [5, 5.41) is 10.7. The van der Waals surface area contributed by atoms with E-state index in [0.29, 0.717) is 32.1 Å². The molecule has 0 aliphatic heterocycles. The van der Waals surface area contributed by atoms with Crippen LogP contribution in [0.25, 0.3) is 0 Å². The Bertz CT molecular complexity index is 991. The Morgan fingerprint density at radius 2 is 1.73 bits per heavy atom. The number of hydrogen-bond acceptors (Lipinski definition) is 3. The summed E-state index contributed by atoms with van der Waals surface area (Å²) in [5.74, 6) is 0.673. The minimum atomic E-state index is 0. The van der Waals surface area contributed by atoms with E-state index in [9.17, 15) is 4.79 Å². The highest BCUT2D eigenvalue weighted by Gasteiger charge is 2.13. The molecule has 7 nitrogen and oxygen atoms in total. The van der Waals surface area contributed by atoms with E-state index < -0.39 is 0 Å². The van der Waals surface area contributed by atoms with E-state index in [1.54, 1.807) is 6.20 Å². The molecule has 3 rings (SSSR count). The lowest BCUT2D eigenvalue weighted by molar-refractivity contribution is -0.130. The number of rotatable bonds is 10. The van der Waals surface area contributed by atoms with E-state index in [0.717, 1.165) is 17.7 Å². The molecule has 0 bridgehead atoms. The van der Waals surface area contributed by atoms with Crippen molar-refractivity contribution in [2.45, 2.75) is 33.5 Å². The van der Waals surface area contributed by atoms with Crippen molar-refractivity contribution in [3.63, 3.8) is 0 Å². The fourth-order valence-corrected chi connectivity index (χ4v) is 3.39. The summed E-state index contributed by atoms with van der Waals surface area (Å²) in [6.45, 7) is 7.40. The predicted octanol–water partition coefficient (Wildman–Crippen LogP) is 3.65. The van der Waals surface area contributed by atoms with E-state index in [-0.39, 0.29) is 36.4 Å². The molecule has 176 valence electrons. The number of likely N-dealkylation sites (N-methyl/N-ethyl adjacent to an activating group) is 1. The van der Waals surface area contributed by atoms with Crippen LogP contribution in [-0.2, 0) is 24.4 Å². The molecule has 1 amide bonds. The minimum absolute atomic E-state index is 0. The lowest BCUT2D eigenvalue weighted by Crippen LogP contribution is -2.44. The zero-order valence-electron chi connectivity index (χ0n) is 19.3. The van der Waals surface area contributed by atoms with Crippen LogP contribution in [0.4, 0.5) is 0 Å². The SMILES string of the molecule is CCNC(=NCc1ccccc1Cn1cccn1)NCC(=O)N(CC)Cc1ccccc1.I. The first-order chi connectivity index (χ1) is 15.7. The molecule has 0 saturated carbocycles. The van der Waals surface area contributed by atoms with Crippen molar-refractivity contribution in [2.24, 2.45) is 4.99 Å². The van der Waals surface area contributed by atoms with Crippen molar-refractivity contribution in [1.82, 2.24) is 25.3 Å². The molecule has 8 heteroatoms. The van der Waals surface area contributed by atoms with Crippen LogP contribution < -0.4 is 10.6 Å². The van der Waals surface area contributed by atoms with Gasteiger partial charge in [0.05, 0.1) is 19.6 Å². The first kappa shape index (κ1) is 26.4. The second-order valence-corrected chi connectivity index (χ2v) is 7.41. The van der Waals surface area contributed by atoms with E-state index in [1.165, 1.54) is 5.56 Å². The number of halogens is 1. The predicted molar refractivity (Wildman–Crippen MR) is 144 cm³/mol. The summed E-state index contributed by atoms with van der Waals surface area (Å²) in [4.78, 5) is 19.3. The van der Waals surface area contributed by atoms with Crippen molar-refractivity contribution in [3.8, 4) is 0 Å². The molecular formula is C25H33IN6O. The first-order valence-electron chi connectivity index (χ1n) is 11.1. The molecular weight excluding hydrogens is 527 g/mol. The summed E-state index contributed by atoms with van der Waals surface area (Å²) < 4.78 is 1.90. The Labute approximate surface area is 213 Å². The maximum Gasteiger partial charge on any atom is 0.242 e. The van der Waals surface area contributed by atoms with Crippen LogP contribution in [-0.4, -0.2) is 46.2 Å². The van der Waals surface area contributed by atoms with Crippen molar-refractivity contribution < 1.29 is 4.79 Å². The molecule has 2 aromatic carbocycles. The zero-order chi connectivity index (χ0) is 22.6. The monoisotopic (exact) mass is 560 g/mol. The van der Waals surface area contributed by atoms with Crippen molar-refractivity contribution >= 4 is 35.8 Å². The van der Waals surface area contributed by atoms with Gasteiger partial charge < -0.3 is 15.5 Å². The van der Waals surface area contributed by atoms with Gasteiger partial charge >= 0.3 is 0 Å². The summed E-state index contributed by atoms with van der Waals surface area (Å²) in [5.41, 5.74) is 3.43. The summed E-state index contributed by atoms with van der Waals surface area (Å²) in [7, 11) is 0. The highest BCUT2D eigenvalue weighted by atomic mass is 127. The lowest BCUT2D eigenvalue weighted by Gasteiger charge is -2.22. The Kier molecular flexibility index (Phi) is 11.4. The van der Waals surface area contributed by atoms with Crippen molar-refractivity contribution in [2.75, 3.05) is 19.6 Å². The molecule has 0 aliphatic carbocycles. The minimum Gasteiger partial charge on any atom is -0.357 e. The van der Waals surface area contributed by atoms with E-state index in [4.69, 9.17) is 4.99 Å². The number of carbonyl (C=O) groups excluding carboxylic acids is 1. The Balaban J connectivity index is 0.00000385. The van der Waals surface area contributed by atoms with Gasteiger partial charge in [-0.1, -0.05) is 54.6 Å². The maximum absolute atomic E-state index is 12.8. The summed E-state index contributed by atoms with van der Waals surface area (Å²) in [6, 6.07) is 20.2. The average molecular weight is 560 g/mol. The molecule has 0 spiro atoms. The molecule has 1 heterocycles. The number of carbonyl (C=O) groups is 1. The van der Waals surface area contributed by atoms with Gasteiger partial charge in [-0.25, -0.2) is 4.99 Å². The molecule has 1 aromatic heterocycles. The maximum atomic E-state index is 12.8. The van der Waals surface area contributed by atoms with Gasteiger partial charge in [-0.2, -0.15) is 5.10 Å². The summed E-state index contributed by atoms with van der Waals surface area (Å²) in [6.07, 6.45) is 3.73. The number of hydrogen-bond donors (Lipinski definition) is 2. The van der Waals surface area contributed by atoms with E-state index >= 15 is 0 Å². The average Bonchev–Trinajstić information content (AvgIpc) is 3.33. The first-order valence-corrected chi connectivity index (χ1v) is 11.1. The van der Waals surface area contributed by atoms with Gasteiger partial charge in [-0.05, 0) is 36.6 Å². The zero-order valence-corrected chi connectivity index (χ0v) is 21.6. The number of amides is 1. The molecule has 0 unspecified atom stereocenters.